The molecule has 1 saturated carbocycles. The first kappa shape index (κ1) is 21.5. The molecule has 9 nitrogen and oxygen atoms in total. The van der Waals surface area contributed by atoms with E-state index in [0.29, 0.717) is 47.4 Å². The quantitative estimate of drug-likeness (QED) is 0.615. The van der Waals surface area contributed by atoms with Crippen LogP contribution in [0.3, 0.4) is 0 Å². The van der Waals surface area contributed by atoms with Crippen LogP contribution in [-0.2, 0) is 14.3 Å². The predicted octanol–water partition coefficient (Wildman–Crippen LogP) is 3.09. The lowest BCUT2D eigenvalue weighted by Crippen LogP contribution is -2.84. The number of rotatable bonds is 5. The van der Waals surface area contributed by atoms with E-state index in [-0.39, 0.29) is 28.2 Å². The van der Waals surface area contributed by atoms with Gasteiger partial charge < -0.3 is 14.8 Å². The Balaban J connectivity index is 1.30. The molecular weight excluding hydrogens is 495 g/mol. The molecule has 0 bridgehead atoms. The number of amidine groups is 1. The molecule has 5 aliphatic rings. The third-order valence-corrected chi connectivity index (χ3v) is 9.04. The third-order valence-electron chi connectivity index (χ3n) is 7.94. The van der Waals surface area contributed by atoms with Crippen LogP contribution in [0.15, 0.2) is 56.3 Å². The van der Waals surface area contributed by atoms with E-state index in [4.69, 9.17) is 26.1 Å². The van der Waals surface area contributed by atoms with E-state index in [9.17, 15) is 9.18 Å². The van der Waals surface area contributed by atoms with Crippen molar-refractivity contribution in [1.29, 1.82) is 0 Å². The van der Waals surface area contributed by atoms with Crippen molar-refractivity contribution >= 4 is 34.7 Å². The Bertz CT molecular complexity index is 1340. The minimum Gasteiger partial charge on any atom is -0.466 e. The van der Waals surface area contributed by atoms with E-state index in [1.54, 1.807) is 12.3 Å². The fraction of sp³-hybridized carbons (Fsp3) is 0.435. The van der Waals surface area contributed by atoms with Gasteiger partial charge >= 0.3 is 5.97 Å². The number of esters is 1. The third kappa shape index (κ3) is 2.83. The highest BCUT2D eigenvalue weighted by atomic mass is 35.5. The number of likely N-dealkylation sites (tertiary alicyclic amines) is 1. The summed E-state index contributed by atoms with van der Waals surface area (Å²) in [6.07, 6.45) is 2.55. The minimum atomic E-state index is -0.780. The average Bonchev–Trinajstić information content (AvgIpc) is 3.28. The number of hydrogen-bond donors (Lipinski definition) is 1. The average molecular weight is 515 g/mol. The smallest absolute Gasteiger partial charge is 0.338 e. The zero-order valence-electron chi connectivity index (χ0n) is 18.6. The van der Waals surface area contributed by atoms with Gasteiger partial charge in [0.05, 0.1) is 31.3 Å². The van der Waals surface area contributed by atoms with E-state index in [1.165, 1.54) is 30.6 Å². The molecule has 1 aromatic carbocycles. The first-order chi connectivity index (χ1) is 17.0. The Kier molecular flexibility index (Phi) is 4.55. The Morgan fingerprint density at radius 1 is 1.40 bits per heavy atom. The molecule has 12 heteroatoms. The summed E-state index contributed by atoms with van der Waals surface area (Å²) in [4.78, 5) is 24.7. The number of carbonyl (C=O) groups excluding carboxylic acids is 1. The van der Waals surface area contributed by atoms with Crippen molar-refractivity contribution in [1.82, 2.24) is 15.2 Å². The van der Waals surface area contributed by atoms with Crippen molar-refractivity contribution in [3.05, 3.63) is 62.5 Å². The Hall–Kier alpha value is -2.73. The second kappa shape index (κ2) is 7.39. The summed E-state index contributed by atoms with van der Waals surface area (Å²) in [6, 6.07) is 3.75. The largest absolute Gasteiger partial charge is 0.466 e. The zero-order valence-corrected chi connectivity index (χ0v) is 20.1. The normalized spacial score (nSPS) is 31.7. The van der Waals surface area contributed by atoms with Crippen LogP contribution in [0, 0.1) is 11.2 Å². The molecule has 0 radical (unpaired) electrons. The first-order valence-electron chi connectivity index (χ1n) is 11.3. The van der Waals surface area contributed by atoms with E-state index in [1.807, 2.05) is 5.38 Å². The van der Waals surface area contributed by atoms with Gasteiger partial charge in [-0.15, -0.1) is 11.3 Å². The van der Waals surface area contributed by atoms with E-state index in [0.717, 1.165) is 6.42 Å². The van der Waals surface area contributed by atoms with Crippen molar-refractivity contribution < 1.29 is 18.7 Å². The Morgan fingerprint density at radius 2 is 2.26 bits per heavy atom. The van der Waals surface area contributed by atoms with E-state index < -0.39 is 17.8 Å². The molecule has 4 atom stereocenters. The number of nitrogens with one attached hydrogen (secondary N) is 1. The van der Waals surface area contributed by atoms with Crippen molar-refractivity contribution in [2.45, 2.75) is 30.2 Å². The maximum atomic E-state index is 13.8. The maximum Gasteiger partial charge on any atom is 0.338 e. The fourth-order valence-electron chi connectivity index (χ4n) is 6.20. The van der Waals surface area contributed by atoms with Crippen LogP contribution in [0.25, 0.3) is 0 Å². The molecule has 3 fully saturated rings. The second-order valence-electron chi connectivity index (χ2n) is 9.37. The minimum absolute atomic E-state index is 0.0560. The second-order valence-corrected chi connectivity index (χ2v) is 10.7. The van der Waals surface area contributed by atoms with Gasteiger partial charge in [-0.3, -0.25) is 9.89 Å². The topological polar surface area (TPSA) is 101 Å². The maximum absolute atomic E-state index is 13.8. The molecule has 1 aromatic heterocycles. The van der Waals surface area contributed by atoms with Gasteiger partial charge in [0.25, 0.3) is 0 Å². The van der Waals surface area contributed by atoms with Crippen LogP contribution in [0.5, 0.6) is 0 Å². The number of ether oxygens (including phenoxy) is 2. The van der Waals surface area contributed by atoms with E-state index >= 15 is 0 Å². The summed E-state index contributed by atoms with van der Waals surface area (Å²) in [6.45, 7) is 1.72. The molecule has 2 aromatic rings. The summed E-state index contributed by atoms with van der Waals surface area (Å²) < 4.78 is 24.9. The number of aliphatic imine (C=N–C) groups is 1. The van der Waals surface area contributed by atoms with Gasteiger partial charge in [-0.05, 0) is 12.1 Å². The van der Waals surface area contributed by atoms with Gasteiger partial charge in [0.15, 0.2) is 10.8 Å². The van der Waals surface area contributed by atoms with Gasteiger partial charge in [-0.1, -0.05) is 17.7 Å². The molecule has 1 aliphatic carbocycles. The summed E-state index contributed by atoms with van der Waals surface area (Å²) in [5.41, 5.74) is 1.19. The van der Waals surface area contributed by atoms with Crippen LogP contribution < -0.4 is 5.32 Å². The molecule has 2 spiro atoms. The van der Waals surface area contributed by atoms with Crippen molar-refractivity contribution in [3.63, 3.8) is 0 Å². The monoisotopic (exact) mass is 514 g/mol. The van der Waals surface area contributed by atoms with Crippen LogP contribution >= 0.6 is 22.9 Å². The van der Waals surface area contributed by atoms with Crippen molar-refractivity contribution in [3.8, 4) is 0 Å². The van der Waals surface area contributed by atoms with Gasteiger partial charge in [-0.2, -0.15) is 10.2 Å². The van der Waals surface area contributed by atoms with Crippen molar-refractivity contribution in [2.75, 3.05) is 26.9 Å². The fourth-order valence-corrected chi connectivity index (χ4v) is 7.06. The van der Waals surface area contributed by atoms with E-state index in [2.05, 4.69) is 25.4 Å². The SMILES string of the molecule is COC(=O)C1=C(CN2[C@@H]3COCC34[C@H]2CC42N=N2)NC(c2nccs2)=N[C@H]1c1ccc(F)cc1Cl. The van der Waals surface area contributed by atoms with Gasteiger partial charge in [-0.25, -0.2) is 14.2 Å². The summed E-state index contributed by atoms with van der Waals surface area (Å²) >= 11 is 7.87. The standard InChI is InChI=1S/C23H20ClFN6O3S/c1-33-21(32)17-14(8-31-15-7-23(29-30-23)22(15)10-34-9-16(22)31)27-19(20-26-4-5-35-20)28-18(17)12-3-2-11(25)6-13(12)24/h2-6,15-16,18H,7-10H2,1H3,(H,27,28)/t15-,16-,18+,22?/m1/s1. The molecule has 5 heterocycles. The number of halogens is 2. The molecule has 180 valence electrons. The number of methoxy groups -OCH3 is 1. The summed E-state index contributed by atoms with van der Waals surface area (Å²) in [7, 11) is 1.33. The molecule has 1 N–H and O–H groups in total. The van der Waals surface area contributed by atoms with Gasteiger partial charge in [0.2, 0.25) is 5.66 Å². The number of benzene rings is 1. The predicted molar refractivity (Wildman–Crippen MR) is 125 cm³/mol. The molecule has 1 unspecified atom stereocenters. The van der Waals surface area contributed by atoms with Gasteiger partial charge in [0, 0.05) is 52.9 Å². The zero-order chi connectivity index (χ0) is 23.9. The first-order valence-corrected chi connectivity index (χ1v) is 12.5. The molecular formula is C23H20ClFN6O3S. The molecule has 7 rings (SSSR count). The lowest BCUT2D eigenvalue weighted by molar-refractivity contribution is -0.206. The van der Waals surface area contributed by atoms with Crippen LogP contribution in [0.1, 0.15) is 23.0 Å². The lowest BCUT2D eigenvalue weighted by atomic mass is 9.48. The lowest BCUT2D eigenvalue weighted by Gasteiger charge is -2.69. The highest BCUT2D eigenvalue weighted by molar-refractivity contribution is 7.11. The Morgan fingerprint density at radius 3 is 2.97 bits per heavy atom. The highest BCUT2D eigenvalue weighted by Crippen LogP contribution is 2.72. The van der Waals surface area contributed by atoms with Crippen LogP contribution in [0.4, 0.5) is 4.39 Å². The molecule has 2 saturated heterocycles. The van der Waals surface area contributed by atoms with Crippen LogP contribution in [0.2, 0.25) is 5.02 Å². The number of nitrogens with zero attached hydrogens (tertiary/aromatic N) is 5. The van der Waals surface area contributed by atoms with Crippen molar-refractivity contribution in [2.24, 2.45) is 20.6 Å². The molecule has 4 aliphatic heterocycles. The number of aromatic nitrogens is 1. The van der Waals surface area contributed by atoms with Gasteiger partial charge in [0.1, 0.15) is 11.9 Å². The number of hydrogen-bond acceptors (Lipinski definition) is 10. The summed E-state index contributed by atoms with van der Waals surface area (Å²) in [5, 5.41) is 14.8. The Labute approximate surface area is 208 Å². The van der Waals surface area contributed by atoms with Crippen LogP contribution in [-0.4, -0.2) is 66.3 Å². The number of thiazole rings is 1. The molecule has 0 amide bonds. The number of piperidine rings is 1. The number of carbonyl (C=O) groups is 1. The molecule has 35 heavy (non-hydrogen) atoms. The highest BCUT2D eigenvalue weighted by Gasteiger charge is 2.84. The summed E-state index contributed by atoms with van der Waals surface area (Å²) in [5.74, 6) is -0.458.